The molecule has 3 heterocycles. The van der Waals surface area contributed by atoms with E-state index < -0.39 is 0 Å². The van der Waals surface area contributed by atoms with Crippen LogP contribution in [0.4, 0.5) is 5.69 Å². The summed E-state index contributed by atoms with van der Waals surface area (Å²) in [6, 6.07) is 0. The van der Waals surface area contributed by atoms with Crippen molar-refractivity contribution in [3.05, 3.63) is 32.6 Å². The summed E-state index contributed by atoms with van der Waals surface area (Å²) in [5.74, 6) is 0. The number of nitrogens with one attached hydrogen (secondary N) is 1. The topological polar surface area (TPSA) is 81.4 Å². The van der Waals surface area contributed by atoms with Gasteiger partial charge in [0.25, 0.3) is 5.56 Å². The zero-order valence-electron chi connectivity index (χ0n) is 15.0. The van der Waals surface area contributed by atoms with Gasteiger partial charge in [0, 0.05) is 46.5 Å². The molecule has 0 atom stereocenters. The van der Waals surface area contributed by atoms with Crippen LogP contribution in [0.2, 0.25) is 0 Å². The highest BCUT2D eigenvalue weighted by molar-refractivity contribution is 5.90. The second-order valence-corrected chi connectivity index (χ2v) is 6.30. The molecule has 3 rings (SSSR count). The van der Waals surface area contributed by atoms with Crippen LogP contribution < -0.4 is 16.6 Å². The minimum Gasteiger partial charge on any atom is -0.383 e. The van der Waals surface area contributed by atoms with Crippen molar-refractivity contribution in [2.75, 3.05) is 44.7 Å². The van der Waals surface area contributed by atoms with Crippen LogP contribution in [-0.2, 0) is 25.3 Å². The molecular weight excluding hydrogens is 322 g/mol. The quantitative estimate of drug-likeness (QED) is 0.816. The number of fused-ring (bicyclic) bond motifs is 1. The number of hydrogen-bond donors (Lipinski definition) is 1. The van der Waals surface area contributed by atoms with Crippen molar-refractivity contribution < 1.29 is 4.74 Å². The van der Waals surface area contributed by atoms with Crippen LogP contribution in [0, 0.1) is 0 Å². The van der Waals surface area contributed by atoms with Gasteiger partial charge in [-0.25, -0.2) is 9.78 Å². The Labute approximate surface area is 146 Å². The average molecular weight is 347 g/mol. The Balaban J connectivity index is 1.97. The van der Waals surface area contributed by atoms with Gasteiger partial charge in [-0.1, -0.05) is 6.92 Å². The maximum absolute atomic E-state index is 12.7. The van der Waals surface area contributed by atoms with Gasteiger partial charge < -0.3 is 10.1 Å². The number of aromatic nitrogens is 3. The molecule has 0 unspecified atom stereocenters. The first-order chi connectivity index (χ1) is 12.0. The number of morpholine rings is 1. The normalized spacial score (nSPS) is 15.6. The van der Waals surface area contributed by atoms with E-state index in [1.807, 2.05) is 6.92 Å². The lowest BCUT2D eigenvalue weighted by atomic mass is 10.1. The predicted molar refractivity (Wildman–Crippen MR) is 97.4 cm³/mol. The summed E-state index contributed by atoms with van der Waals surface area (Å²) in [4.78, 5) is 31.5. The Morgan fingerprint density at radius 1 is 1.20 bits per heavy atom. The van der Waals surface area contributed by atoms with E-state index in [9.17, 15) is 9.59 Å². The molecule has 1 N–H and O–H groups in total. The van der Waals surface area contributed by atoms with Crippen molar-refractivity contribution in [2.24, 2.45) is 14.1 Å². The molecule has 2 aromatic rings. The Hall–Kier alpha value is -2.19. The van der Waals surface area contributed by atoms with Crippen LogP contribution >= 0.6 is 0 Å². The maximum Gasteiger partial charge on any atom is 0.332 e. The molecule has 25 heavy (non-hydrogen) atoms. The van der Waals surface area contributed by atoms with E-state index in [-0.39, 0.29) is 11.2 Å². The van der Waals surface area contributed by atoms with Gasteiger partial charge in [-0.2, -0.15) is 0 Å². The van der Waals surface area contributed by atoms with Gasteiger partial charge in [0.15, 0.2) is 5.65 Å². The highest BCUT2D eigenvalue weighted by Crippen LogP contribution is 2.22. The number of nitrogens with zero attached hydrogens (tertiary/aromatic N) is 4. The number of ether oxygens (including phenoxy) is 1. The highest BCUT2D eigenvalue weighted by atomic mass is 16.5. The summed E-state index contributed by atoms with van der Waals surface area (Å²) in [7, 11) is 3.14. The van der Waals surface area contributed by atoms with E-state index >= 15 is 0 Å². The van der Waals surface area contributed by atoms with E-state index in [2.05, 4.69) is 15.2 Å². The molecule has 8 heteroatoms. The van der Waals surface area contributed by atoms with Crippen molar-refractivity contribution in [3.8, 4) is 0 Å². The third-order valence-electron chi connectivity index (χ3n) is 4.76. The summed E-state index contributed by atoms with van der Waals surface area (Å²) in [6.45, 7) is 7.01. The first-order valence-corrected chi connectivity index (χ1v) is 8.66. The third-order valence-corrected chi connectivity index (χ3v) is 4.76. The minimum absolute atomic E-state index is 0.310. The van der Waals surface area contributed by atoms with Crippen molar-refractivity contribution in [1.29, 1.82) is 0 Å². The number of rotatable bonds is 5. The van der Waals surface area contributed by atoms with E-state index in [4.69, 9.17) is 4.74 Å². The van der Waals surface area contributed by atoms with Crippen LogP contribution in [0.25, 0.3) is 11.0 Å². The fourth-order valence-electron chi connectivity index (χ4n) is 3.20. The molecule has 8 nitrogen and oxygen atoms in total. The van der Waals surface area contributed by atoms with Crippen molar-refractivity contribution in [3.63, 3.8) is 0 Å². The monoisotopic (exact) mass is 347 g/mol. The standard InChI is InChI=1S/C17H25N5O3/c1-4-12-11-19-15-13(16(23)21(3)17(24)20(15)2)14(12)18-5-6-22-7-9-25-10-8-22/h11H,4-10H2,1-3H3,(H,18,19). The van der Waals surface area contributed by atoms with Crippen LogP contribution in [0.15, 0.2) is 15.8 Å². The smallest absolute Gasteiger partial charge is 0.332 e. The molecule has 0 saturated carbocycles. The molecule has 0 spiro atoms. The van der Waals surface area contributed by atoms with Crippen molar-refractivity contribution in [2.45, 2.75) is 13.3 Å². The van der Waals surface area contributed by atoms with Crippen LogP contribution in [0.5, 0.6) is 0 Å². The Morgan fingerprint density at radius 3 is 2.60 bits per heavy atom. The van der Waals surface area contributed by atoms with Gasteiger partial charge in [0.2, 0.25) is 0 Å². The van der Waals surface area contributed by atoms with Gasteiger partial charge >= 0.3 is 5.69 Å². The summed E-state index contributed by atoms with van der Waals surface area (Å²) in [6.07, 6.45) is 2.51. The van der Waals surface area contributed by atoms with Crippen molar-refractivity contribution in [1.82, 2.24) is 19.0 Å². The molecule has 0 aliphatic carbocycles. The second kappa shape index (κ2) is 7.37. The number of hydrogen-bond acceptors (Lipinski definition) is 6. The SMILES string of the molecule is CCc1cnc2c(c1NCCN1CCOCC1)c(=O)n(C)c(=O)n2C. The van der Waals surface area contributed by atoms with Crippen LogP contribution in [0.1, 0.15) is 12.5 Å². The maximum atomic E-state index is 12.7. The van der Waals surface area contributed by atoms with Gasteiger partial charge in [0.1, 0.15) is 5.39 Å². The molecule has 136 valence electrons. The molecular formula is C17H25N5O3. The second-order valence-electron chi connectivity index (χ2n) is 6.30. The molecule has 0 amide bonds. The fraction of sp³-hybridized carbons (Fsp3) is 0.588. The Bertz CT molecular complexity index is 880. The lowest BCUT2D eigenvalue weighted by molar-refractivity contribution is 0.0398. The molecule has 1 aliphatic rings. The van der Waals surface area contributed by atoms with E-state index in [1.165, 1.54) is 11.6 Å². The Kier molecular flexibility index (Phi) is 5.19. The first-order valence-electron chi connectivity index (χ1n) is 8.66. The van der Waals surface area contributed by atoms with Gasteiger partial charge in [-0.15, -0.1) is 0 Å². The molecule has 0 radical (unpaired) electrons. The predicted octanol–water partition coefficient (Wildman–Crippen LogP) is -0.0613. The average Bonchev–Trinajstić information content (AvgIpc) is 2.65. The highest BCUT2D eigenvalue weighted by Gasteiger charge is 2.17. The molecule has 1 aliphatic heterocycles. The molecule has 2 aromatic heterocycles. The Morgan fingerprint density at radius 2 is 1.92 bits per heavy atom. The summed E-state index contributed by atoms with van der Waals surface area (Å²) >= 11 is 0. The largest absolute Gasteiger partial charge is 0.383 e. The lowest BCUT2D eigenvalue weighted by Gasteiger charge is -2.27. The van der Waals surface area contributed by atoms with Crippen LogP contribution in [0.3, 0.4) is 0 Å². The fourth-order valence-corrected chi connectivity index (χ4v) is 3.20. The molecule has 0 bridgehead atoms. The van der Waals surface area contributed by atoms with Crippen LogP contribution in [-0.4, -0.2) is 58.4 Å². The summed E-state index contributed by atoms with van der Waals surface area (Å²) in [5, 5.41) is 3.90. The van der Waals surface area contributed by atoms with E-state index in [0.717, 1.165) is 61.6 Å². The van der Waals surface area contributed by atoms with Gasteiger partial charge in [0.05, 0.1) is 18.9 Å². The van der Waals surface area contributed by atoms with E-state index in [0.29, 0.717) is 11.0 Å². The number of pyridine rings is 1. The van der Waals surface area contributed by atoms with Gasteiger partial charge in [-0.3, -0.25) is 18.8 Å². The van der Waals surface area contributed by atoms with E-state index in [1.54, 1.807) is 13.2 Å². The summed E-state index contributed by atoms with van der Waals surface area (Å²) < 4.78 is 7.92. The zero-order valence-corrected chi connectivity index (χ0v) is 15.0. The zero-order chi connectivity index (χ0) is 18.0. The molecule has 0 aromatic carbocycles. The minimum atomic E-state index is -0.367. The number of aryl methyl sites for hydroxylation is 2. The van der Waals surface area contributed by atoms with Gasteiger partial charge in [-0.05, 0) is 12.0 Å². The third kappa shape index (κ3) is 3.32. The summed E-state index contributed by atoms with van der Waals surface area (Å²) in [5.41, 5.74) is 1.50. The lowest BCUT2D eigenvalue weighted by Crippen LogP contribution is -2.39. The number of anilines is 1. The molecule has 1 fully saturated rings. The molecule has 1 saturated heterocycles. The first kappa shape index (κ1) is 17.6. The van der Waals surface area contributed by atoms with Crippen molar-refractivity contribution >= 4 is 16.7 Å².